The SMILES string of the molecule is CC1CNCC(C)N1C(=O)c1cc2n(n1)CCN(C(=O)OCc1cc(C(F)(F)F)cc(C(F)(F)F)c1)C2. The van der Waals surface area contributed by atoms with Crippen molar-refractivity contribution in [3.05, 3.63) is 52.3 Å². The minimum Gasteiger partial charge on any atom is -0.445 e. The van der Waals surface area contributed by atoms with Crippen LogP contribution >= 0.6 is 0 Å². The molecule has 8 nitrogen and oxygen atoms in total. The van der Waals surface area contributed by atoms with Crippen LogP contribution in [0.4, 0.5) is 31.1 Å². The lowest BCUT2D eigenvalue weighted by atomic mass is 10.1. The van der Waals surface area contributed by atoms with Crippen LogP contribution in [0.1, 0.15) is 46.7 Å². The zero-order valence-electron chi connectivity index (χ0n) is 20.0. The molecule has 0 aliphatic carbocycles. The fraction of sp³-hybridized carbons (Fsp3) is 0.522. The lowest BCUT2D eigenvalue weighted by molar-refractivity contribution is -0.143. The molecule has 4 rings (SSSR count). The molecule has 1 saturated heterocycles. The Morgan fingerprint density at radius 3 is 2.14 bits per heavy atom. The van der Waals surface area contributed by atoms with Crippen molar-refractivity contribution in [1.82, 2.24) is 24.9 Å². The van der Waals surface area contributed by atoms with Crippen molar-refractivity contribution in [2.75, 3.05) is 19.6 Å². The number of piperazine rings is 1. The van der Waals surface area contributed by atoms with Crippen LogP contribution in [0, 0.1) is 0 Å². The van der Waals surface area contributed by atoms with Crippen LogP contribution in [0.2, 0.25) is 0 Å². The van der Waals surface area contributed by atoms with Crippen LogP contribution < -0.4 is 5.32 Å². The summed E-state index contributed by atoms with van der Waals surface area (Å²) in [5.74, 6) is -0.234. The fourth-order valence-electron chi connectivity index (χ4n) is 4.53. The number of ether oxygens (including phenoxy) is 1. The van der Waals surface area contributed by atoms with Crippen LogP contribution in [0.5, 0.6) is 0 Å². The molecule has 0 bridgehead atoms. The molecule has 2 aliphatic rings. The summed E-state index contributed by atoms with van der Waals surface area (Å²) in [5.41, 5.74) is -2.62. The van der Waals surface area contributed by atoms with Crippen molar-refractivity contribution in [3.8, 4) is 0 Å². The van der Waals surface area contributed by atoms with Gasteiger partial charge in [0.2, 0.25) is 0 Å². The van der Waals surface area contributed by atoms with Crippen molar-refractivity contribution in [2.24, 2.45) is 0 Å². The zero-order valence-corrected chi connectivity index (χ0v) is 20.0. The molecule has 3 heterocycles. The lowest BCUT2D eigenvalue weighted by Gasteiger charge is -2.39. The summed E-state index contributed by atoms with van der Waals surface area (Å²) in [6.45, 7) is 4.78. The Balaban J connectivity index is 1.43. The summed E-state index contributed by atoms with van der Waals surface area (Å²) in [6.07, 6.45) is -10.9. The normalized spacial score (nSPS) is 20.5. The van der Waals surface area contributed by atoms with Gasteiger partial charge in [0.05, 0.1) is 29.9 Å². The number of carbonyl (C=O) groups is 2. The molecule has 2 amide bonds. The summed E-state index contributed by atoms with van der Waals surface area (Å²) in [5, 5.41) is 7.60. The average molecular weight is 533 g/mol. The number of alkyl halides is 6. The van der Waals surface area contributed by atoms with Crippen LogP contribution in [0.3, 0.4) is 0 Å². The number of fused-ring (bicyclic) bond motifs is 1. The van der Waals surface area contributed by atoms with Gasteiger partial charge in [0.25, 0.3) is 5.91 Å². The number of halogens is 6. The Kier molecular flexibility index (Phi) is 7.14. The molecule has 37 heavy (non-hydrogen) atoms. The van der Waals surface area contributed by atoms with Gasteiger partial charge < -0.3 is 19.9 Å². The molecular weight excluding hydrogens is 508 g/mol. The molecule has 0 radical (unpaired) electrons. The van der Waals surface area contributed by atoms with Crippen molar-refractivity contribution in [2.45, 2.75) is 58.0 Å². The quantitative estimate of drug-likeness (QED) is 0.606. The molecule has 0 saturated carbocycles. The second-order valence-electron chi connectivity index (χ2n) is 9.20. The predicted molar refractivity (Wildman–Crippen MR) is 117 cm³/mol. The van der Waals surface area contributed by atoms with Gasteiger partial charge in [-0.05, 0) is 43.7 Å². The van der Waals surface area contributed by atoms with E-state index in [1.54, 1.807) is 15.6 Å². The maximum absolute atomic E-state index is 13.1. The maximum atomic E-state index is 13.1. The van der Waals surface area contributed by atoms with Gasteiger partial charge in [-0.15, -0.1) is 0 Å². The lowest BCUT2D eigenvalue weighted by Crippen LogP contribution is -2.57. The van der Waals surface area contributed by atoms with Gasteiger partial charge in [0.15, 0.2) is 5.69 Å². The van der Waals surface area contributed by atoms with E-state index in [-0.39, 0.29) is 49.4 Å². The third-order valence-corrected chi connectivity index (χ3v) is 6.35. The molecule has 1 aromatic heterocycles. The van der Waals surface area contributed by atoms with E-state index < -0.39 is 41.7 Å². The van der Waals surface area contributed by atoms with Gasteiger partial charge in [-0.2, -0.15) is 31.4 Å². The number of aromatic nitrogens is 2. The molecule has 2 atom stereocenters. The van der Waals surface area contributed by atoms with Crippen molar-refractivity contribution < 1.29 is 40.7 Å². The summed E-state index contributed by atoms with van der Waals surface area (Å²) in [4.78, 5) is 28.6. The molecule has 2 unspecified atom stereocenters. The molecular formula is C23H25F6N5O3. The second kappa shape index (κ2) is 9.88. The van der Waals surface area contributed by atoms with Gasteiger partial charge in [-0.1, -0.05) is 0 Å². The van der Waals surface area contributed by atoms with Crippen LogP contribution in [0.15, 0.2) is 24.3 Å². The molecule has 202 valence electrons. The van der Waals surface area contributed by atoms with Crippen LogP contribution in [-0.2, 0) is 36.8 Å². The molecule has 2 aliphatic heterocycles. The first-order chi connectivity index (χ1) is 17.2. The zero-order chi connectivity index (χ0) is 27.1. The number of hydrogen-bond acceptors (Lipinski definition) is 5. The summed E-state index contributed by atoms with van der Waals surface area (Å²) in [6, 6.07) is 2.56. The van der Waals surface area contributed by atoms with Crippen LogP contribution in [-0.4, -0.2) is 63.3 Å². The molecule has 2 aromatic rings. The van der Waals surface area contributed by atoms with Crippen molar-refractivity contribution in [3.63, 3.8) is 0 Å². The topological polar surface area (TPSA) is 79.7 Å². The summed E-state index contributed by atoms with van der Waals surface area (Å²) >= 11 is 0. The Hall–Kier alpha value is -3.29. The Morgan fingerprint density at radius 1 is 0.973 bits per heavy atom. The Morgan fingerprint density at radius 2 is 1.57 bits per heavy atom. The monoisotopic (exact) mass is 533 g/mol. The number of hydrogen-bond donors (Lipinski definition) is 1. The van der Waals surface area contributed by atoms with Crippen molar-refractivity contribution >= 4 is 12.0 Å². The number of benzene rings is 1. The van der Waals surface area contributed by atoms with Gasteiger partial charge in [-0.25, -0.2) is 4.79 Å². The third-order valence-electron chi connectivity index (χ3n) is 6.35. The van der Waals surface area contributed by atoms with E-state index in [0.717, 1.165) is 0 Å². The Bertz CT molecular complexity index is 1140. The third kappa shape index (κ3) is 5.84. The molecule has 1 aromatic carbocycles. The predicted octanol–water partition coefficient (Wildman–Crippen LogP) is 3.90. The van der Waals surface area contributed by atoms with Gasteiger partial charge >= 0.3 is 18.4 Å². The Labute approximate surface area is 208 Å². The number of carbonyl (C=O) groups excluding carboxylic acids is 2. The summed E-state index contributed by atoms with van der Waals surface area (Å²) in [7, 11) is 0. The van der Waals surface area contributed by atoms with E-state index >= 15 is 0 Å². The second-order valence-corrected chi connectivity index (χ2v) is 9.20. The van der Waals surface area contributed by atoms with E-state index in [9.17, 15) is 35.9 Å². The summed E-state index contributed by atoms with van der Waals surface area (Å²) < 4.78 is 85.0. The van der Waals surface area contributed by atoms with E-state index in [0.29, 0.717) is 30.9 Å². The number of amides is 2. The first kappa shape index (κ1) is 26.8. The van der Waals surface area contributed by atoms with E-state index in [4.69, 9.17) is 4.74 Å². The fourth-order valence-corrected chi connectivity index (χ4v) is 4.53. The van der Waals surface area contributed by atoms with E-state index in [2.05, 4.69) is 10.4 Å². The molecule has 14 heteroatoms. The molecule has 1 fully saturated rings. The molecule has 1 N–H and O–H groups in total. The number of rotatable bonds is 3. The highest BCUT2D eigenvalue weighted by atomic mass is 19.4. The standard InChI is InChI=1S/C23H25F6N5O3/c1-13-9-30-10-14(2)34(13)20(35)19-8-18-11-32(3-4-33(18)31-19)21(36)37-12-15-5-16(22(24,25)26)7-17(6-15)23(27,28)29/h5-8,13-14,30H,3-4,9-12H2,1-2H3. The number of nitrogens with zero attached hydrogens (tertiary/aromatic N) is 4. The largest absolute Gasteiger partial charge is 0.445 e. The minimum atomic E-state index is -5.00. The van der Waals surface area contributed by atoms with E-state index in [1.165, 1.54) is 4.90 Å². The first-order valence-electron chi connectivity index (χ1n) is 11.5. The maximum Gasteiger partial charge on any atom is 0.416 e. The highest BCUT2D eigenvalue weighted by Gasteiger charge is 2.37. The molecule has 0 spiro atoms. The highest BCUT2D eigenvalue weighted by Crippen LogP contribution is 2.36. The van der Waals surface area contributed by atoms with E-state index in [1.807, 2.05) is 13.8 Å². The smallest absolute Gasteiger partial charge is 0.416 e. The van der Waals surface area contributed by atoms with Gasteiger partial charge in [0.1, 0.15) is 6.61 Å². The highest BCUT2D eigenvalue weighted by molar-refractivity contribution is 5.93. The van der Waals surface area contributed by atoms with Crippen molar-refractivity contribution in [1.29, 1.82) is 0 Å². The van der Waals surface area contributed by atoms with Crippen LogP contribution in [0.25, 0.3) is 0 Å². The first-order valence-corrected chi connectivity index (χ1v) is 11.5. The minimum absolute atomic E-state index is 0.0118. The van der Waals surface area contributed by atoms with Gasteiger partial charge in [-0.3, -0.25) is 9.48 Å². The van der Waals surface area contributed by atoms with Gasteiger partial charge in [0, 0.05) is 31.7 Å². The average Bonchev–Trinajstić information content (AvgIpc) is 3.24. The number of nitrogens with one attached hydrogen (secondary N) is 1.